The van der Waals surface area contributed by atoms with Crippen LogP contribution >= 0.6 is 0 Å². The van der Waals surface area contributed by atoms with Gasteiger partial charge in [0.25, 0.3) is 0 Å². The smallest absolute Gasteiger partial charge is 0.238 e. The van der Waals surface area contributed by atoms with Crippen LogP contribution in [0, 0.1) is 13.8 Å². The number of carbonyl (C=O) groups is 2. The third kappa shape index (κ3) is 5.35. The lowest BCUT2D eigenvalue weighted by atomic mass is 10.1. The zero-order chi connectivity index (χ0) is 22.6. The van der Waals surface area contributed by atoms with Crippen molar-refractivity contribution >= 4 is 21.7 Å². The lowest BCUT2D eigenvalue weighted by Gasteiger charge is -2.22. The molecule has 0 atom stereocenters. The fraction of sp³-hybridized carbons (Fsp3) is 0.429. The molecule has 0 aliphatic heterocycles. The Balaban J connectivity index is 2.20. The number of aromatic nitrogens is 1. The summed E-state index contributed by atoms with van der Waals surface area (Å²) in [5, 5.41) is 5.16. The lowest BCUT2D eigenvalue weighted by molar-refractivity contribution is -0.131. The Hall–Kier alpha value is -2.49. The second-order valence-corrected chi connectivity index (χ2v) is 8.88. The number of ketones is 1. The molecule has 2 aromatic rings. The molecule has 1 heterocycles. The monoisotopic (exact) mass is 434 g/mol. The number of carbonyl (C=O) groups excluding carboxylic acids is 2. The van der Waals surface area contributed by atoms with E-state index in [1.807, 2.05) is 38.3 Å². The van der Waals surface area contributed by atoms with Gasteiger partial charge in [0.15, 0.2) is 5.78 Å². The molecule has 0 unspecified atom stereocenters. The number of aryl methyl sites for hydroxylation is 1. The van der Waals surface area contributed by atoms with E-state index in [0.717, 1.165) is 17.1 Å². The zero-order valence-corrected chi connectivity index (χ0v) is 19.0. The van der Waals surface area contributed by atoms with Gasteiger partial charge >= 0.3 is 0 Å². The molecule has 164 valence electrons. The quantitative estimate of drug-likeness (QED) is 0.605. The van der Waals surface area contributed by atoms with Gasteiger partial charge in [0, 0.05) is 35.7 Å². The van der Waals surface area contributed by atoms with Crippen LogP contribution in [-0.2, 0) is 14.8 Å². The first-order valence-corrected chi connectivity index (χ1v) is 11.4. The number of likely N-dealkylation sites (N-methyl/N-ethyl adjacent to an activating group) is 2. The molecule has 30 heavy (non-hydrogen) atoms. The topological polar surface area (TPSA) is 106 Å². The Kier molecular flexibility index (Phi) is 7.57. The number of nitrogens with two attached hydrogens (primary N) is 1. The summed E-state index contributed by atoms with van der Waals surface area (Å²) in [5.41, 5.74) is 2.91. The molecular weight excluding hydrogens is 404 g/mol. The molecule has 8 nitrogen and oxygen atoms in total. The molecule has 2 N–H and O–H groups in total. The molecule has 0 aliphatic rings. The number of rotatable bonds is 9. The molecule has 0 saturated carbocycles. The van der Waals surface area contributed by atoms with Crippen molar-refractivity contribution in [2.45, 2.75) is 32.6 Å². The van der Waals surface area contributed by atoms with E-state index in [-0.39, 0.29) is 29.7 Å². The second kappa shape index (κ2) is 9.55. The van der Waals surface area contributed by atoms with Gasteiger partial charge in [-0.3, -0.25) is 14.5 Å². The summed E-state index contributed by atoms with van der Waals surface area (Å²) in [5.74, 6) is -0.0823. The molecule has 2 rings (SSSR count). The van der Waals surface area contributed by atoms with Crippen LogP contribution in [0.5, 0.6) is 0 Å². The first-order chi connectivity index (χ1) is 14.0. The zero-order valence-electron chi connectivity index (χ0n) is 18.2. The molecule has 1 aromatic heterocycles. The van der Waals surface area contributed by atoms with E-state index in [4.69, 9.17) is 5.14 Å². The fourth-order valence-corrected chi connectivity index (χ4v) is 4.04. The maximum Gasteiger partial charge on any atom is 0.238 e. The minimum absolute atomic E-state index is 0.00396. The van der Waals surface area contributed by atoms with E-state index in [2.05, 4.69) is 0 Å². The fourth-order valence-electron chi connectivity index (χ4n) is 3.52. The molecule has 0 fully saturated rings. The van der Waals surface area contributed by atoms with E-state index < -0.39 is 10.0 Å². The Morgan fingerprint density at radius 2 is 1.60 bits per heavy atom. The standard InChI is InChI=1S/C21H30N4O4S/c1-6-24(7-2)21(27)14-23(5)13-20(26)19-12-15(3)25(16(19)4)17-8-10-18(11-9-17)30(22,28)29/h8-12H,6-7,13-14H2,1-5H3,(H2,22,28,29). The molecule has 0 spiro atoms. The molecule has 1 amide bonds. The molecule has 1 aromatic carbocycles. The van der Waals surface area contributed by atoms with Crippen molar-refractivity contribution in [1.82, 2.24) is 14.4 Å². The van der Waals surface area contributed by atoms with Crippen LogP contribution in [0.3, 0.4) is 0 Å². The van der Waals surface area contributed by atoms with Gasteiger partial charge in [0.05, 0.1) is 18.0 Å². The van der Waals surface area contributed by atoms with Crippen molar-refractivity contribution in [2.75, 3.05) is 33.2 Å². The third-order valence-electron chi connectivity index (χ3n) is 5.09. The maximum atomic E-state index is 12.9. The van der Waals surface area contributed by atoms with Crippen molar-refractivity contribution in [3.8, 4) is 5.69 Å². The van der Waals surface area contributed by atoms with Crippen LogP contribution in [0.15, 0.2) is 35.2 Å². The largest absolute Gasteiger partial charge is 0.342 e. The Morgan fingerprint density at radius 1 is 1.03 bits per heavy atom. The molecule has 0 radical (unpaired) electrons. The maximum absolute atomic E-state index is 12.9. The SMILES string of the molecule is CCN(CC)C(=O)CN(C)CC(=O)c1cc(C)n(-c2ccc(S(N)(=O)=O)cc2)c1C. The minimum Gasteiger partial charge on any atom is -0.342 e. The number of primary sulfonamides is 1. The highest BCUT2D eigenvalue weighted by Crippen LogP contribution is 2.22. The summed E-state index contributed by atoms with van der Waals surface area (Å²) < 4.78 is 24.8. The second-order valence-electron chi connectivity index (χ2n) is 7.32. The first-order valence-electron chi connectivity index (χ1n) is 9.81. The van der Waals surface area contributed by atoms with Crippen LogP contribution in [-0.4, -0.2) is 67.7 Å². The van der Waals surface area contributed by atoms with Crippen LogP contribution in [0.4, 0.5) is 0 Å². The van der Waals surface area contributed by atoms with E-state index in [9.17, 15) is 18.0 Å². The predicted molar refractivity (Wildman–Crippen MR) is 116 cm³/mol. The van der Waals surface area contributed by atoms with Gasteiger partial charge in [-0.25, -0.2) is 13.6 Å². The van der Waals surface area contributed by atoms with Gasteiger partial charge < -0.3 is 9.47 Å². The summed E-state index contributed by atoms with van der Waals surface area (Å²) in [6.45, 7) is 9.17. The molecule has 0 bridgehead atoms. The van der Waals surface area contributed by atoms with Crippen LogP contribution in [0.2, 0.25) is 0 Å². The molecule has 9 heteroatoms. The van der Waals surface area contributed by atoms with Gasteiger partial charge in [-0.05, 0) is 65.1 Å². The van der Waals surface area contributed by atoms with E-state index in [0.29, 0.717) is 18.7 Å². The van der Waals surface area contributed by atoms with Crippen molar-refractivity contribution in [3.63, 3.8) is 0 Å². The van der Waals surface area contributed by atoms with Gasteiger partial charge in [0.2, 0.25) is 15.9 Å². The van der Waals surface area contributed by atoms with Gasteiger partial charge in [-0.2, -0.15) is 0 Å². The highest BCUT2D eigenvalue weighted by Gasteiger charge is 2.20. The number of hydrogen-bond donors (Lipinski definition) is 1. The number of benzene rings is 1. The van der Waals surface area contributed by atoms with Crippen LogP contribution in [0.25, 0.3) is 5.69 Å². The van der Waals surface area contributed by atoms with E-state index >= 15 is 0 Å². The van der Waals surface area contributed by atoms with Crippen molar-refractivity contribution in [3.05, 3.63) is 47.3 Å². The van der Waals surface area contributed by atoms with E-state index in [1.165, 1.54) is 12.1 Å². The average molecular weight is 435 g/mol. The van der Waals surface area contributed by atoms with Crippen LogP contribution < -0.4 is 5.14 Å². The normalized spacial score (nSPS) is 11.7. The number of amides is 1. The Bertz CT molecular complexity index is 1020. The predicted octanol–water partition coefficient (Wildman–Crippen LogP) is 1.72. The number of Topliss-reactive ketones (excluding diaryl/α,β-unsaturated/α-hetero) is 1. The average Bonchev–Trinajstić information content (AvgIpc) is 2.96. The minimum atomic E-state index is -3.76. The highest BCUT2D eigenvalue weighted by atomic mass is 32.2. The summed E-state index contributed by atoms with van der Waals surface area (Å²) in [6, 6.07) is 8.01. The van der Waals surface area contributed by atoms with Crippen molar-refractivity contribution < 1.29 is 18.0 Å². The Morgan fingerprint density at radius 3 is 2.10 bits per heavy atom. The highest BCUT2D eigenvalue weighted by molar-refractivity contribution is 7.89. The lowest BCUT2D eigenvalue weighted by Crippen LogP contribution is -2.40. The first kappa shape index (κ1) is 23.8. The number of hydrogen-bond acceptors (Lipinski definition) is 5. The van der Waals surface area contributed by atoms with Crippen molar-refractivity contribution in [2.24, 2.45) is 5.14 Å². The van der Waals surface area contributed by atoms with Gasteiger partial charge in [0.1, 0.15) is 0 Å². The van der Waals surface area contributed by atoms with Crippen LogP contribution in [0.1, 0.15) is 35.6 Å². The van der Waals surface area contributed by atoms with Crippen molar-refractivity contribution in [1.29, 1.82) is 0 Å². The summed E-state index contributed by atoms with van der Waals surface area (Å²) in [4.78, 5) is 28.6. The molecular formula is C21H30N4O4S. The number of sulfonamides is 1. The molecule has 0 saturated heterocycles. The van der Waals surface area contributed by atoms with E-state index in [1.54, 1.807) is 29.0 Å². The third-order valence-corrected chi connectivity index (χ3v) is 6.02. The summed E-state index contributed by atoms with van der Waals surface area (Å²) >= 11 is 0. The number of nitrogens with zero attached hydrogens (tertiary/aromatic N) is 3. The van der Waals surface area contributed by atoms with Gasteiger partial charge in [-0.1, -0.05) is 0 Å². The molecule has 0 aliphatic carbocycles. The summed E-state index contributed by atoms with van der Waals surface area (Å²) in [7, 11) is -2.01. The van der Waals surface area contributed by atoms with Gasteiger partial charge in [-0.15, -0.1) is 0 Å². The summed E-state index contributed by atoms with van der Waals surface area (Å²) in [6.07, 6.45) is 0. The Labute approximate surface area is 178 Å².